The maximum Gasteiger partial charge on any atom is 0.234 e. The second-order valence-electron chi connectivity index (χ2n) is 3.79. The molecule has 3 nitrogen and oxygen atoms in total. The van der Waals surface area contributed by atoms with Gasteiger partial charge >= 0.3 is 0 Å². The van der Waals surface area contributed by atoms with Crippen LogP contribution >= 0.6 is 12.6 Å². The van der Waals surface area contributed by atoms with Crippen LogP contribution in [0.3, 0.4) is 0 Å². The van der Waals surface area contributed by atoms with E-state index in [1.54, 1.807) is 0 Å². The molecule has 0 saturated heterocycles. The molecular weight excluding hydrogens is 208 g/mol. The highest BCUT2D eigenvalue weighted by atomic mass is 32.1. The quantitative estimate of drug-likeness (QED) is 0.656. The topological polar surface area (TPSA) is 46.3 Å². The lowest BCUT2D eigenvalue weighted by molar-refractivity contribution is -0.122. The van der Waals surface area contributed by atoms with Crippen molar-refractivity contribution in [3.8, 4) is 0 Å². The van der Waals surface area contributed by atoms with Crippen molar-refractivity contribution in [2.24, 2.45) is 5.73 Å². The Bertz CT molecular complexity index is 207. The minimum absolute atomic E-state index is 0.123. The van der Waals surface area contributed by atoms with Crippen LogP contribution in [0.1, 0.15) is 40.5 Å². The minimum Gasteiger partial charge on any atom is -0.368 e. The summed E-state index contributed by atoms with van der Waals surface area (Å²) in [6, 6.07) is 0.123. The van der Waals surface area contributed by atoms with Crippen LogP contribution < -0.4 is 5.73 Å². The first-order chi connectivity index (χ1) is 6.97. The summed E-state index contributed by atoms with van der Waals surface area (Å²) in [6.07, 6.45) is 1.56. The van der Waals surface area contributed by atoms with Crippen LogP contribution in [0.2, 0.25) is 0 Å². The maximum atomic E-state index is 11.5. The summed E-state index contributed by atoms with van der Waals surface area (Å²) >= 11 is 4.52. The van der Waals surface area contributed by atoms with Crippen LogP contribution in [0, 0.1) is 0 Å². The molecule has 0 aromatic carbocycles. The predicted octanol–water partition coefficient (Wildman–Crippen LogP) is 1.67. The minimum atomic E-state index is -0.708. The van der Waals surface area contributed by atoms with Gasteiger partial charge in [0.05, 0.1) is 0 Å². The van der Waals surface area contributed by atoms with Crippen LogP contribution in [0.15, 0.2) is 0 Å². The number of hydrogen-bond donors (Lipinski definition) is 2. The predicted molar refractivity (Wildman–Crippen MR) is 68.2 cm³/mol. The Kier molecular flexibility index (Phi) is 6.29. The van der Waals surface area contributed by atoms with Crippen molar-refractivity contribution in [2.75, 3.05) is 13.1 Å². The average Bonchev–Trinajstić information content (AvgIpc) is 2.24. The first-order valence-electron chi connectivity index (χ1n) is 5.74. The Morgan fingerprint density at radius 3 is 2.00 bits per heavy atom. The van der Waals surface area contributed by atoms with Gasteiger partial charge in [-0.05, 0) is 25.9 Å². The molecule has 0 aromatic rings. The van der Waals surface area contributed by atoms with Gasteiger partial charge in [0.1, 0.15) is 4.75 Å². The number of amides is 1. The van der Waals surface area contributed by atoms with Gasteiger partial charge in [-0.1, -0.05) is 27.7 Å². The molecule has 0 aliphatic rings. The highest BCUT2D eigenvalue weighted by Crippen LogP contribution is 2.29. The van der Waals surface area contributed by atoms with Crippen LogP contribution in [-0.2, 0) is 4.79 Å². The van der Waals surface area contributed by atoms with E-state index in [0.717, 1.165) is 19.5 Å². The summed E-state index contributed by atoms with van der Waals surface area (Å²) in [5.74, 6) is -0.313. The van der Waals surface area contributed by atoms with Crippen molar-refractivity contribution in [2.45, 2.75) is 51.3 Å². The molecule has 1 amide bonds. The first kappa shape index (κ1) is 14.8. The Hall–Kier alpha value is -0.220. The monoisotopic (exact) mass is 232 g/mol. The lowest BCUT2D eigenvalue weighted by atomic mass is 9.91. The van der Waals surface area contributed by atoms with Crippen molar-refractivity contribution in [1.82, 2.24) is 4.90 Å². The fourth-order valence-electron chi connectivity index (χ4n) is 2.14. The summed E-state index contributed by atoms with van der Waals surface area (Å²) in [7, 11) is 0. The Labute approximate surface area is 98.8 Å². The van der Waals surface area contributed by atoms with Gasteiger partial charge in [-0.3, -0.25) is 9.69 Å². The summed E-state index contributed by atoms with van der Waals surface area (Å²) in [5, 5.41) is 0. The number of nitrogens with two attached hydrogens (primary N) is 1. The van der Waals surface area contributed by atoms with Crippen molar-refractivity contribution >= 4 is 18.5 Å². The van der Waals surface area contributed by atoms with Gasteiger partial charge < -0.3 is 5.73 Å². The van der Waals surface area contributed by atoms with Crippen LogP contribution in [0.25, 0.3) is 0 Å². The molecule has 15 heavy (non-hydrogen) atoms. The van der Waals surface area contributed by atoms with Crippen molar-refractivity contribution in [3.05, 3.63) is 0 Å². The number of thiol groups is 1. The third-order valence-corrected chi connectivity index (χ3v) is 3.99. The number of hydrogen-bond acceptors (Lipinski definition) is 3. The molecule has 0 spiro atoms. The number of primary amides is 1. The molecule has 0 rings (SSSR count). The Balaban J connectivity index is 4.97. The molecule has 2 atom stereocenters. The normalized spacial score (nSPS) is 17.5. The SMILES string of the molecule is CCC(N(CC)CC)C(S)(CC)C(N)=O. The van der Waals surface area contributed by atoms with E-state index in [9.17, 15) is 4.79 Å². The van der Waals surface area contributed by atoms with Gasteiger partial charge in [-0.25, -0.2) is 0 Å². The van der Waals surface area contributed by atoms with Gasteiger partial charge in [0, 0.05) is 6.04 Å². The maximum absolute atomic E-state index is 11.5. The molecule has 4 heteroatoms. The van der Waals surface area contributed by atoms with E-state index in [2.05, 4.69) is 38.3 Å². The zero-order valence-corrected chi connectivity index (χ0v) is 11.2. The van der Waals surface area contributed by atoms with Crippen LogP contribution in [0.4, 0.5) is 0 Å². The zero-order chi connectivity index (χ0) is 12.1. The molecule has 0 heterocycles. The highest BCUT2D eigenvalue weighted by Gasteiger charge is 2.40. The van der Waals surface area contributed by atoms with E-state index < -0.39 is 4.75 Å². The first-order valence-corrected chi connectivity index (χ1v) is 6.18. The van der Waals surface area contributed by atoms with E-state index in [4.69, 9.17) is 5.73 Å². The molecule has 0 bridgehead atoms. The second-order valence-corrected chi connectivity index (χ2v) is 4.59. The number of carbonyl (C=O) groups is 1. The third-order valence-electron chi connectivity index (χ3n) is 3.16. The molecule has 2 N–H and O–H groups in total. The average molecular weight is 232 g/mol. The standard InChI is InChI=1S/C11H24N2OS/c1-5-9(13(7-3)8-4)11(15,6-2)10(12)14/h9,15H,5-8H2,1-4H3,(H2,12,14). The van der Waals surface area contributed by atoms with Gasteiger partial charge in [0.15, 0.2) is 0 Å². The Morgan fingerprint density at radius 1 is 1.33 bits per heavy atom. The molecule has 0 radical (unpaired) electrons. The van der Waals surface area contributed by atoms with E-state index in [-0.39, 0.29) is 11.9 Å². The second kappa shape index (κ2) is 6.38. The lowest BCUT2D eigenvalue weighted by Crippen LogP contribution is -2.55. The zero-order valence-electron chi connectivity index (χ0n) is 10.3. The van der Waals surface area contributed by atoms with Gasteiger partial charge in [0.25, 0.3) is 0 Å². The van der Waals surface area contributed by atoms with Gasteiger partial charge in [-0.2, -0.15) is 12.6 Å². The van der Waals surface area contributed by atoms with Gasteiger partial charge in [-0.15, -0.1) is 0 Å². The van der Waals surface area contributed by atoms with Crippen molar-refractivity contribution in [1.29, 1.82) is 0 Å². The largest absolute Gasteiger partial charge is 0.368 e. The number of nitrogens with zero attached hydrogens (tertiary/aromatic N) is 1. The highest BCUT2D eigenvalue weighted by molar-refractivity contribution is 7.82. The summed E-state index contributed by atoms with van der Waals surface area (Å²) < 4.78 is -0.708. The summed E-state index contributed by atoms with van der Waals surface area (Å²) in [4.78, 5) is 13.8. The number of rotatable bonds is 7. The van der Waals surface area contributed by atoms with E-state index in [1.165, 1.54) is 0 Å². The molecular formula is C11H24N2OS. The molecule has 90 valence electrons. The smallest absolute Gasteiger partial charge is 0.234 e. The van der Waals surface area contributed by atoms with E-state index in [0.29, 0.717) is 6.42 Å². The molecule has 0 fully saturated rings. The third kappa shape index (κ3) is 3.11. The van der Waals surface area contributed by atoms with Crippen LogP contribution in [-0.4, -0.2) is 34.7 Å². The van der Waals surface area contributed by atoms with E-state index >= 15 is 0 Å². The summed E-state index contributed by atoms with van der Waals surface area (Å²) in [6.45, 7) is 10.1. The lowest BCUT2D eigenvalue weighted by Gasteiger charge is -2.40. The molecule has 0 aliphatic heterocycles. The fraction of sp³-hybridized carbons (Fsp3) is 0.909. The Morgan fingerprint density at radius 2 is 1.80 bits per heavy atom. The number of carbonyl (C=O) groups excluding carboxylic acids is 1. The molecule has 0 aliphatic carbocycles. The molecule has 2 unspecified atom stereocenters. The molecule has 0 saturated carbocycles. The van der Waals surface area contributed by atoms with Crippen molar-refractivity contribution < 1.29 is 4.79 Å². The van der Waals surface area contributed by atoms with Crippen molar-refractivity contribution in [3.63, 3.8) is 0 Å². The molecule has 0 aromatic heterocycles. The van der Waals surface area contributed by atoms with Gasteiger partial charge in [0.2, 0.25) is 5.91 Å². The summed E-state index contributed by atoms with van der Waals surface area (Å²) in [5.41, 5.74) is 5.46. The van der Waals surface area contributed by atoms with E-state index in [1.807, 2.05) is 6.92 Å². The van der Waals surface area contributed by atoms with Crippen LogP contribution in [0.5, 0.6) is 0 Å². The fourth-order valence-corrected chi connectivity index (χ4v) is 2.48.